The molecule has 28 heavy (non-hydrogen) atoms. The van der Waals surface area contributed by atoms with E-state index in [-0.39, 0.29) is 18.1 Å². The average Bonchev–Trinajstić information content (AvgIpc) is 2.54. The van der Waals surface area contributed by atoms with Crippen LogP contribution >= 0.6 is 46.4 Å². The van der Waals surface area contributed by atoms with E-state index in [2.05, 4.69) is 10.6 Å². The van der Waals surface area contributed by atoms with E-state index in [1.54, 1.807) is 18.2 Å². The summed E-state index contributed by atoms with van der Waals surface area (Å²) >= 11 is 22.8. The molecular formula is C18H23Cl4N3O3. The molecule has 1 aromatic rings. The number of rotatable bonds is 7. The monoisotopic (exact) mass is 469 g/mol. The summed E-state index contributed by atoms with van der Waals surface area (Å²) in [5.41, 5.74) is 1.15. The quantitative estimate of drug-likeness (QED) is 0.321. The number of ether oxygens (including phenoxy) is 1. The van der Waals surface area contributed by atoms with Gasteiger partial charge < -0.3 is 20.6 Å². The summed E-state index contributed by atoms with van der Waals surface area (Å²) in [6, 6.07) is 5.11. The van der Waals surface area contributed by atoms with Crippen molar-refractivity contribution in [1.29, 1.82) is 5.41 Å². The van der Waals surface area contributed by atoms with Crippen LogP contribution in [0.3, 0.4) is 0 Å². The summed E-state index contributed by atoms with van der Waals surface area (Å²) in [5.74, 6) is 0.200. The summed E-state index contributed by atoms with van der Waals surface area (Å²) in [4.78, 5) is 12.0. The molecular weight excluding hydrogens is 448 g/mol. The first-order valence-corrected chi connectivity index (χ1v) is 9.80. The molecule has 1 aromatic carbocycles. The molecule has 0 atom stereocenters. The van der Waals surface area contributed by atoms with E-state index in [0.29, 0.717) is 17.1 Å². The number of amides is 1. The standard InChI is InChI=1S/C18H23Cl4N3O3/c1-17(2,3)14(23)9-15(25-16(27)28-10-18(20,21)22)24-12-4-5-13(19)11(8-12)6-7-26/h4-5,8-9,23-24,26H,6-7,10H2,1-3H3,(H,25,27)/b15-9+,23-14?. The van der Waals surface area contributed by atoms with Crippen LogP contribution in [0.2, 0.25) is 5.02 Å². The molecule has 0 saturated heterocycles. The molecule has 0 heterocycles. The Labute approximate surface area is 184 Å². The van der Waals surface area contributed by atoms with Gasteiger partial charge in [0.1, 0.15) is 12.4 Å². The molecule has 0 aliphatic heterocycles. The zero-order chi connectivity index (χ0) is 21.5. The average molecular weight is 471 g/mol. The lowest BCUT2D eigenvalue weighted by atomic mass is 9.90. The number of carbonyl (C=O) groups excluding carboxylic acids is 1. The number of alkyl halides is 3. The van der Waals surface area contributed by atoms with Gasteiger partial charge in [-0.1, -0.05) is 67.2 Å². The van der Waals surface area contributed by atoms with Crippen LogP contribution < -0.4 is 10.6 Å². The van der Waals surface area contributed by atoms with E-state index in [1.165, 1.54) is 6.08 Å². The molecule has 0 radical (unpaired) electrons. The number of anilines is 1. The van der Waals surface area contributed by atoms with Gasteiger partial charge in [0.25, 0.3) is 0 Å². The molecule has 156 valence electrons. The number of aliphatic hydroxyl groups is 1. The van der Waals surface area contributed by atoms with E-state index >= 15 is 0 Å². The Balaban J connectivity index is 3.05. The molecule has 1 amide bonds. The number of allylic oxidation sites excluding steroid dienone is 1. The van der Waals surface area contributed by atoms with Gasteiger partial charge in [-0.3, -0.25) is 5.32 Å². The van der Waals surface area contributed by atoms with Gasteiger partial charge in [0.15, 0.2) is 0 Å². The van der Waals surface area contributed by atoms with Gasteiger partial charge in [-0.15, -0.1) is 0 Å². The number of hydrogen-bond acceptors (Lipinski definition) is 5. The number of nitrogens with one attached hydrogen (secondary N) is 3. The predicted octanol–water partition coefficient (Wildman–Crippen LogP) is 5.29. The molecule has 0 saturated carbocycles. The molecule has 0 bridgehead atoms. The lowest BCUT2D eigenvalue weighted by Crippen LogP contribution is -2.31. The highest BCUT2D eigenvalue weighted by molar-refractivity contribution is 6.67. The number of alkyl carbamates (subject to hydrolysis) is 1. The zero-order valence-corrected chi connectivity index (χ0v) is 18.7. The Kier molecular flexibility index (Phi) is 9.37. The first-order valence-electron chi connectivity index (χ1n) is 8.29. The van der Waals surface area contributed by atoms with Crippen molar-refractivity contribution < 1.29 is 14.6 Å². The van der Waals surface area contributed by atoms with Gasteiger partial charge in [-0.05, 0) is 30.2 Å². The number of benzene rings is 1. The second-order valence-electron chi connectivity index (χ2n) is 6.94. The second-order valence-corrected chi connectivity index (χ2v) is 9.87. The zero-order valence-electron chi connectivity index (χ0n) is 15.7. The van der Waals surface area contributed by atoms with Crippen LogP contribution in [0.5, 0.6) is 0 Å². The van der Waals surface area contributed by atoms with E-state index in [4.69, 9.17) is 61.7 Å². The minimum absolute atomic E-state index is 0.0534. The van der Waals surface area contributed by atoms with Crippen LogP contribution in [-0.2, 0) is 11.2 Å². The van der Waals surface area contributed by atoms with Crippen LogP contribution in [0, 0.1) is 10.8 Å². The van der Waals surface area contributed by atoms with E-state index in [9.17, 15) is 4.79 Å². The molecule has 1 rings (SSSR count). The summed E-state index contributed by atoms with van der Waals surface area (Å²) in [7, 11) is 0. The van der Waals surface area contributed by atoms with Crippen LogP contribution in [0.25, 0.3) is 0 Å². The maximum Gasteiger partial charge on any atom is 0.412 e. The molecule has 6 nitrogen and oxygen atoms in total. The molecule has 10 heteroatoms. The van der Waals surface area contributed by atoms with Crippen LogP contribution in [-0.4, -0.2) is 33.9 Å². The topological polar surface area (TPSA) is 94.4 Å². The lowest BCUT2D eigenvalue weighted by Gasteiger charge is -2.20. The van der Waals surface area contributed by atoms with Crippen molar-refractivity contribution in [3.63, 3.8) is 0 Å². The minimum Gasteiger partial charge on any atom is -0.445 e. The lowest BCUT2D eigenvalue weighted by molar-refractivity contribution is 0.151. The normalized spacial score (nSPS) is 12.5. The maximum absolute atomic E-state index is 12.0. The van der Waals surface area contributed by atoms with Gasteiger partial charge in [-0.2, -0.15) is 0 Å². The maximum atomic E-state index is 12.0. The van der Waals surface area contributed by atoms with Crippen molar-refractivity contribution in [2.24, 2.45) is 5.41 Å². The Morgan fingerprint density at radius 1 is 1.29 bits per heavy atom. The van der Waals surface area contributed by atoms with E-state index < -0.39 is 21.9 Å². The Hall–Kier alpha value is -1.18. The van der Waals surface area contributed by atoms with Gasteiger partial charge in [0.2, 0.25) is 3.79 Å². The second kappa shape index (κ2) is 10.6. The molecule has 0 aromatic heterocycles. The van der Waals surface area contributed by atoms with Gasteiger partial charge >= 0.3 is 6.09 Å². The van der Waals surface area contributed by atoms with Crippen LogP contribution in [0.4, 0.5) is 10.5 Å². The SMILES string of the molecule is CC(C)(C)C(=N)/C=C(/NC(=O)OCC(Cl)(Cl)Cl)Nc1ccc(Cl)c(CCO)c1. The van der Waals surface area contributed by atoms with Crippen molar-refractivity contribution >= 4 is 63.9 Å². The van der Waals surface area contributed by atoms with Crippen LogP contribution in [0.1, 0.15) is 26.3 Å². The summed E-state index contributed by atoms with van der Waals surface area (Å²) in [6.45, 7) is 5.11. The predicted molar refractivity (Wildman–Crippen MR) is 116 cm³/mol. The third-order valence-electron chi connectivity index (χ3n) is 3.41. The molecule has 0 aliphatic carbocycles. The molecule has 0 aliphatic rings. The van der Waals surface area contributed by atoms with Crippen molar-refractivity contribution in [2.45, 2.75) is 31.0 Å². The third kappa shape index (κ3) is 9.34. The minimum atomic E-state index is -1.73. The number of carbonyl (C=O) groups is 1. The summed E-state index contributed by atoms with van der Waals surface area (Å²) in [6.07, 6.45) is 0.997. The molecule has 0 spiro atoms. The van der Waals surface area contributed by atoms with E-state index in [1.807, 2.05) is 20.8 Å². The Morgan fingerprint density at radius 2 is 1.93 bits per heavy atom. The van der Waals surface area contributed by atoms with Crippen LogP contribution in [0.15, 0.2) is 30.1 Å². The fourth-order valence-electron chi connectivity index (χ4n) is 1.88. The first kappa shape index (κ1) is 24.9. The Morgan fingerprint density at radius 3 is 2.46 bits per heavy atom. The summed E-state index contributed by atoms with van der Waals surface area (Å²) < 4.78 is 3.14. The molecule has 0 fully saturated rings. The van der Waals surface area contributed by atoms with Crippen molar-refractivity contribution in [3.05, 3.63) is 40.7 Å². The first-order chi connectivity index (χ1) is 12.8. The molecule has 0 unspecified atom stereocenters. The van der Waals surface area contributed by atoms with E-state index in [0.717, 1.165) is 5.56 Å². The number of halogens is 4. The summed E-state index contributed by atoms with van der Waals surface area (Å²) in [5, 5.41) is 23.4. The molecule has 4 N–H and O–H groups in total. The highest BCUT2D eigenvalue weighted by Crippen LogP contribution is 2.26. The van der Waals surface area contributed by atoms with Crippen molar-refractivity contribution in [2.75, 3.05) is 18.5 Å². The smallest absolute Gasteiger partial charge is 0.412 e. The number of hydrogen-bond donors (Lipinski definition) is 4. The van der Waals surface area contributed by atoms with Crippen molar-refractivity contribution in [3.8, 4) is 0 Å². The van der Waals surface area contributed by atoms with Crippen molar-refractivity contribution in [1.82, 2.24) is 5.32 Å². The highest BCUT2D eigenvalue weighted by Gasteiger charge is 2.23. The van der Waals surface area contributed by atoms with Gasteiger partial charge in [0.05, 0.1) is 0 Å². The fourth-order valence-corrected chi connectivity index (χ4v) is 2.25. The third-order valence-corrected chi connectivity index (χ3v) is 4.10. The van der Waals surface area contributed by atoms with Gasteiger partial charge in [-0.25, -0.2) is 4.79 Å². The highest BCUT2D eigenvalue weighted by atomic mass is 35.6. The van der Waals surface area contributed by atoms with Gasteiger partial charge in [0, 0.05) is 34.5 Å². The number of aliphatic hydroxyl groups excluding tert-OH is 1. The Bertz CT molecular complexity index is 741. The fraction of sp³-hybridized carbons (Fsp3) is 0.444. The largest absolute Gasteiger partial charge is 0.445 e.